The van der Waals surface area contributed by atoms with Gasteiger partial charge in [-0.1, -0.05) is 12.2 Å². The van der Waals surface area contributed by atoms with Crippen molar-refractivity contribution in [1.82, 2.24) is 10.2 Å². The molecule has 5 rings (SSSR count). The van der Waals surface area contributed by atoms with E-state index >= 15 is 0 Å². The molecule has 5 atom stereocenters. The van der Waals surface area contributed by atoms with Crippen molar-refractivity contribution in [3.8, 4) is 5.75 Å². The highest BCUT2D eigenvalue weighted by Crippen LogP contribution is 2.49. The lowest BCUT2D eigenvalue weighted by molar-refractivity contribution is -0.384. The molecule has 3 aliphatic carbocycles. The zero-order valence-corrected chi connectivity index (χ0v) is 16.5. The average molecular weight is 414 g/mol. The zero-order valence-electron chi connectivity index (χ0n) is 16.5. The van der Waals surface area contributed by atoms with Crippen LogP contribution in [-0.4, -0.2) is 40.9 Å². The number of likely N-dealkylation sites (tertiary alicyclic amines) is 1. The maximum Gasteiger partial charge on any atom is 0.320 e. The number of nitro benzene ring substituents is 1. The number of non-ortho nitro benzene ring substituents is 1. The van der Waals surface area contributed by atoms with Crippen molar-refractivity contribution in [2.75, 3.05) is 12.4 Å². The Morgan fingerprint density at radius 2 is 1.80 bits per heavy atom. The smallest absolute Gasteiger partial charge is 0.320 e. The van der Waals surface area contributed by atoms with Gasteiger partial charge in [0.25, 0.3) is 5.69 Å². The molecule has 2 N–H and O–H groups in total. The first-order valence-corrected chi connectivity index (χ1v) is 9.77. The highest BCUT2D eigenvalue weighted by Gasteiger charge is 2.57. The van der Waals surface area contributed by atoms with Gasteiger partial charge in [0.1, 0.15) is 11.9 Å². The van der Waals surface area contributed by atoms with Gasteiger partial charge in [0.05, 0.1) is 29.6 Å². The molecule has 1 aliphatic heterocycles. The molecule has 4 aliphatic rings. The number of methoxy groups -OCH3 is 1. The summed E-state index contributed by atoms with van der Waals surface area (Å²) in [6.45, 7) is 1.56. The number of rotatable bonds is 5. The summed E-state index contributed by atoms with van der Waals surface area (Å²) in [4.78, 5) is 49.9. The second-order valence-electron chi connectivity index (χ2n) is 7.80. The molecule has 1 saturated heterocycles. The topological polar surface area (TPSA) is 131 Å². The average Bonchev–Trinajstić information content (AvgIpc) is 3.01. The van der Waals surface area contributed by atoms with E-state index in [0.29, 0.717) is 0 Å². The molecule has 1 aromatic rings. The molecule has 10 nitrogen and oxygen atoms in total. The van der Waals surface area contributed by atoms with Gasteiger partial charge in [-0.2, -0.15) is 0 Å². The van der Waals surface area contributed by atoms with E-state index in [9.17, 15) is 24.5 Å². The van der Waals surface area contributed by atoms with Crippen LogP contribution in [0.15, 0.2) is 30.4 Å². The third-order valence-electron chi connectivity index (χ3n) is 6.16. The minimum atomic E-state index is -0.861. The Balaban J connectivity index is 1.47. The van der Waals surface area contributed by atoms with E-state index in [4.69, 9.17) is 4.74 Å². The fourth-order valence-electron chi connectivity index (χ4n) is 4.80. The van der Waals surface area contributed by atoms with Crippen molar-refractivity contribution in [2.24, 2.45) is 23.7 Å². The number of allylic oxidation sites excluding steroid dienone is 2. The summed E-state index contributed by atoms with van der Waals surface area (Å²) < 4.78 is 5.12. The van der Waals surface area contributed by atoms with Crippen molar-refractivity contribution in [3.63, 3.8) is 0 Å². The van der Waals surface area contributed by atoms with Crippen molar-refractivity contribution >= 4 is 29.2 Å². The standard InChI is InChI=1S/C20H22N4O6/c1-10(21-20(27)22-14-9-13(24(28)29)7-8-15(14)30-2)23-18(25)16-11-3-4-12(6-5-11)17(16)19(23)26/h3-4,7-12,16-17H,5-6H2,1-2H3,(H2,21,22,27)/t10-,11-,12-,16+,17+/m0/s1. The Morgan fingerprint density at radius 3 is 2.30 bits per heavy atom. The predicted octanol–water partition coefficient (Wildman–Crippen LogP) is 2.27. The number of carbonyl (C=O) groups excluding carboxylic acids is 3. The number of urea groups is 1. The number of carbonyl (C=O) groups is 3. The monoisotopic (exact) mass is 414 g/mol. The van der Waals surface area contributed by atoms with E-state index in [-0.39, 0.29) is 52.6 Å². The lowest BCUT2D eigenvalue weighted by Gasteiger charge is -2.38. The highest BCUT2D eigenvalue weighted by atomic mass is 16.6. The number of hydrogen-bond donors (Lipinski definition) is 2. The van der Waals surface area contributed by atoms with Crippen LogP contribution in [-0.2, 0) is 9.59 Å². The Labute approximate surface area is 172 Å². The number of hydrogen-bond acceptors (Lipinski definition) is 6. The zero-order chi connectivity index (χ0) is 21.6. The molecular weight excluding hydrogens is 392 g/mol. The van der Waals surface area contributed by atoms with Crippen LogP contribution in [0.4, 0.5) is 16.2 Å². The normalized spacial score (nSPS) is 27.6. The van der Waals surface area contributed by atoms with Crippen LogP contribution in [0, 0.1) is 33.8 Å². The summed E-state index contributed by atoms with van der Waals surface area (Å²) in [5.74, 6) is -0.857. The lowest BCUT2D eigenvalue weighted by atomic mass is 9.63. The summed E-state index contributed by atoms with van der Waals surface area (Å²) >= 11 is 0. The molecule has 4 amide bonds. The van der Waals surface area contributed by atoms with Gasteiger partial charge in [-0.3, -0.25) is 24.6 Å². The molecule has 0 aromatic heterocycles. The van der Waals surface area contributed by atoms with Gasteiger partial charge < -0.3 is 15.4 Å². The van der Waals surface area contributed by atoms with Gasteiger partial charge in [0.2, 0.25) is 11.8 Å². The second kappa shape index (κ2) is 7.43. The molecule has 0 radical (unpaired) electrons. The number of benzene rings is 1. The maximum atomic E-state index is 12.9. The molecule has 0 unspecified atom stereocenters. The number of nitro groups is 1. The van der Waals surface area contributed by atoms with Crippen molar-refractivity contribution in [3.05, 3.63) is 40.5 Å². The molecule has 2 bridgehead atoms. The van der Waals surface area contributed by atoms with Crippen LogP contribution in [0.3, 0.4) is 0 Å². The minimum Gasteiger partial charge on any atom is -0.495 e. The van der Waals surface area contributed by atoms with Gasteiger partial charge in [0.15, 0.2) is 0 Å². The maximum absolute atomic E-state index is 12.9. The lowest BCUT2D eigenvalue weighted by Crippen LogP contribution is -2.50. The van der Waals surface area contributed by atoms with Crippen molar-refractivity contribution in [1.29, 1.82) is 0 Å². The van der Waals surface area contributed by atoms with Crippen LogP contribution < -0.4 is 15.4 Å². The summed E-state index contributed by atoms with van der Waals surface area (Å²) in [5, 5.41) is 16.1. The molecule has 1 saturated carbocycles. The SMILES string of the molecule is COc1ccc([N+](=O)[O-])cc1NC(=O)N[C@H](C)N1C(=O)[C@H]2[C@H](C1=O)[C@H]1C=C[C@H]2CC1. The molecular formula is C20H22N4O6. The minimum absolute atomic E-state index is 0.0663. The van der Waals surface area contributed by atoms with E-state index in [1.807, 2.05) is 12.2 Å². The molecule has 1 aromatic carbocycles. The number of nitrogens with one attached hydrogen (secondary N) is 2. The van der Waals surface area contributed by atoms with Gasteiger partial charge >= 0.3 is 6.03 Å². The second-order valence-corrected chi connectivity index (χ2v) is 7.80. The molecule has 158 valence electrons. The van der Waals surface area contributed by atoms with E-state index in [2.05, 4.69) is 10.6 Å². The number of anilines is 1. The number of fused-ring (bicyclic) bond motifs is 1. The Kier molecular flexibility index (Phi) is 4.92. The van der Waals surface area contributed by atoms with Gasteiger partial charge in [-0.15, -0.1) is 0 Å². The first kappa shape index (κ1) is 19.9. The fraction of sp³-hybridized carbons (Fsp3) is 0.450. The Morgan fingerprint density at radius 1 is 1.20 bits per heavy atom. The van der Waals surface area contributed by atoms with Crippen molar-refractivity contribution in [2.45, 2.75) is 25.9 Å². The molecule has 30 heavy (non-hydrogen) atoms. The Hall–Kier alpha value is -3.43. The van der Waals surface area contributed by atoms with Gasteiger partial charge in [0, 0.05) is 12.1 Å². The highest BCUT2D eigenvalue weighted by molar-refractivity contribution is 6.06. The van der Waals surface area contributed by atoms with E-state index in [1.54, 1.807) is 6.92 Å². The summed E-state index contributed by atoms with van der Waals surface area (Å²) in [6, 6.07) is 3.10. The third kappa shape index (κ3) is 3.17. The first-order chi connectivity index (χ1) is 14.3. The predicted molar refractivity (Wildman–Crippen MR) is 105 cm³/mol. The number of imide groups is 1. The van der Waals surface area contributed by atoms with Crippen LogP contribution in [0.5, 0.6) is 5.75 Å². The largest absolute Gasteiger partial charge is 0.495 e. The summed E-state index contributed by atoms with van der Waals surface area (Å²) in [7, 11) is 1.37. The molecule has 2 fully saturated rings. The Bertz CT molecular complexity index is 929. The summed E-state index contributed by atoms with van der Waals surface area (Å²) in [6.07, 6.45) is 4.99. The van der Waals surface area contributed by atoms with E-state index in [0.717, 1.165) is 17.7 Å². The number of ether oxygens (including phenoxy) is 1. The van der Waals surface area contributed by atoms with Gasteiger partial charge in [-0.25, -0.2) is 4.79 Å². The number of amides is 4. The van der Waals surface area contributed by atoms with Gasteiger partial charge in [-0.05, 0) is 37.7 Å². The van der Waals surface area contributed by atoms with Crippen molar-refractivity contribution < 1.29 is 24.0 Å². The molecule has 10 heteroatoms. The number of nitrogens with zero attached hydrogens (tertiary/aromatic N) is 2. The van der Waals surface area contributed by atoms with E-state index in [1.165, 1.54) is 25.3 Å². The van der Waals surface area contributed by atoms with E-state index < -0.39 is 17.1 Å². The third-order valence-corrected chi connectivity index (χ3v) is 6.16. The molecule has 0 spiro atoms. The quantitative estimate of drug-likeness (QED) is 0.329. The van der Waals surface area contributed by atoms with Crippen LogP contribution in [0.25, 0.3) is 0 Å². The molecule has 1 heterocycles. The van der Waals surface area contributed by atoms with Crippen LogP contribution in [0.2, 0.25) is 0 Å². The summed E-state index contributed by atoms with van der Waals surface area (Å²) in [5.41, 5.74) is -0.109. The van der Waals surface area contributed by atoms with Crippen LogP contribution in [0.1, 0.15) is 19.8 Å². The fourth-order valence-corrected chi connectivity index (χ4v) is 4.80. The first-order valence-electron chi connectivity index (χ1n) is 9.77. The van der Waals surface area contributed by atoms with Crippen LogP contribution >= 0.6 is 0 Å².